The van der Waals surface area contributed by atoms with Crippen LogP contribution in [-0.2, 0) is 15.2 Å². The van der Waals surface area contributed by atoms with Crippen LogP contribution in [0.15, 0.2) is 48.5 Å². The Morgan fingerprint density at radius 2 is 1.90 bits per heavy atom. The van der Waals surface area contributed by atoms with Gasteiger partial charge < -0.3 is 15.7 Å². The summed E-state index contributed by atoms with van der Waals surface area (Å²) in [6, 6.07) is 13.5. The number of amides is 2. The Morgan fingerprint density at radius 1 is 1.17 bits per heavy atom. The molecule has 2 amide bonds. The van der Waals surface area contributed by atoms with Crippen molar-refractivity contribution in [3.8, 4) is 0 Å². The van der Waals surface area contributed by atoms with Gasteiger partial charge in [0.1, 0.15) is 5.60 Å². The maximum absolute atomic E-state index is 12.2. The highest BCUT2D eigenvalue weighted by Gasteiger charge is 2.27. The largest absolute Gasteiger partial charge is 0.383 e. The first-order valence-electron chi connectivity index (χ1n) is 8.73. The minimum atomic E-state index is -1.36. The molecule has 0 saturated heterocycles. The first-order chi connectivity index (χ1) is 13.7. The van der Waals surface area contributed by atoms with Gasteiger partial charge in [-0.25, -0.2) is 0 Å². The molecule has 1 unspecified atom stereocenters. The van der Waals surface area contributed by atoms with Crippen LogP contribution in [0.3, 0.4) is 0 Å². The molecule has 0 spiro atoms. The van der Waals surface area contributed by atoms with Crippen molar-refractivity contribution in [2.75, 3.05) is 11.9 Å². The van der Waals surface area contributed by atoms with Gasteiger partial charge in [0, 0.05) is 21.7 Å². The first kappa shape index (κ1) is 20.4. The molecule has 0 saturated carbocycles. The number of fused-ring (bicyclic) bond motifs is 1. The first-order valence-corrected chi connectivity index (χ1v) is 9.55. The molecule has 29 heavy (non-hydrogen) atoms. The smallest absolute Gasteiger partial charge is 0.313 e. The van der Waals surface area contributed by atoms with E-state index >= 15 is 0 Å². The molecule has 3 rings (SSSR count). The third-order valence-electron chi connectivity index (χ3n) is 4.44. The number of nitrogens with zero attached hydrogens (tertiary/aromatic N) is 1. The third kappa shape index (κ3) is 4.58. The number of aliphatic hydroxyl groups is 1. The van der Waals surface area contributed by atoms with Crippen LogP contribution < -0.4 is 10.6 Å². The van der Waals surface area contributed by atoms with Crippen LogP contribution in [0.25, 0.3) is 10.1 Å². The summed E-state index contributed by atoms with van der Waals surface area (Å²) in [5, 5.41) is 27.4. The van der Waals surface area contributed by atoms with Gasteiger partial charge in [0.25, 0.3) is 5.69 Å². The Balaban J connectivity index is 1.66. The minimum absolute atomic E-state index is 0.167. The Labute approximate surface area is 170 Å². The molecule has 8 nitrogen and oxygen atoms in total. The Bertz CT molecular complexity index is 1070. The molecule has 150 valence electrons. The zero-order chi connectivity index (χ0) is 21.2. The summed E-state index contributed by atoms with van der Waals surface area (Å²) in [5.41, 5.74) is -0.801. The van der Waals surface area contributed by atoms with Gasteiger partial charge in [0.2, 0.25) is 0 Å². The van der Waals surface area contributed by atoms with E-state index in [2.05, 4.69) is 10.6 Å². The number of carbonyl (C=O) groups is 2. The summed E-state index contributed by atoms with van der Waals surface area (Å²) in [5.74, 6) is -1.92. The molecule has 9 heteroatoms. The Hall–Kier alpha value is -3.30. The lowest BCUT2D eigenvalue weighted by Gasteiger charge is -2.22. The number of hydrogen-bond donors (Lipinski definition) is 3. The van der Waals surface area contributed by atoms with Gasteiger partial charge in [-0.05, 0) is 36.9 Å². The van der Waals surface area contributed by atoms with Gasteiger partial charge >= 0.3 is 11.8 Å². The van der Waals surface area contributed by atoms with E-state index in [1.165, 1.54) is 29.5 Å². The van der Waals surface area contributed by atoms with Crippen LogP contribution >= 0.6 is 11.3 Å². The molecular weight excluding hydrogens is 394 g/mol. The van der Waals surface area contributed by atoms with Crippen molar-refractivity contribution in [1.29, 1.82) is 0 Å². The SMILES string of the molecule is Cc1ccc([N+](=O)[O-])cc1NC(=O)C(=O)NCC(C)(O)c1cc2ccccc2s1. The van der Waals surface area contributed by atoms with E-state index in [1.807, 2.05) is 30.3 Å². The molecule has 0 fully saturated rings. The predicted molar refractivity (Wildman–Crippen MR) is 111 cm³/mol. The van der Waals surface area contributed by atoms with Crippen molar-refractivity contribution in [2.24, 2.45) is 0 Å². The molecule has 0 radical (unpaired) electrons. The quantitative estimate of drug-likeness (QED) is 0.337. The van der Waals surface area contributed by atoms with Crippen LogP contribution in [0.5, 0.6) is 0 Å². The lowest BCUT2D eigenvalue weighted by Crippen LogP contribution is -2.43. The fraction of sp³-hybridized carbons (Fsp3) is 0.200. The standard InChI is InChI=1S/C20H19N3O5S/c1-12-7-8-14(23(27)28)10-15(12)22-19(25)18(24)21-11-20(2,26)17-9-13-5-3-4-6-16(13)29-17/h3-10,26H,11H2,1-2H3,(H,21,24)(H,22,25). The lowest BCUT2D eigenvalue weighted by atomic mass is 10.0. The van der Waals surface area contributed by atoms with Crippen LogP contribution in [0, 0.1) is 17.0 Å². The van der Waals surface area contributed by atoms with E-state index in [0.717, 1.165) is 10.1 Å². The number of nitrogens with one attached hydrogen (secondary N) is 2. The van der Waals surface area contributed by atoms with Crippen molar-refractivity contribution in [2.45, 2.75) is 19.4 Å². The number of hydrogen-bond acceptors (Lipinski definition) is 6. The molecule has 0 aliphatic heterocycles. The summed E-state index contributed by atoms with van der Waals surface area (Å²) in [7, 11) is 0. The third-order valence-corrected chi connectivity index (χ3v) is 5.81. The fourth-order valence-corrected chi connectivity index (χ4v) is 3.81. The van der Waals surface area contributed by atoms with Crippen LogP contribution in [0.2, 0.25) is 0 Å². The Morgan fingerprint density at radius 3 is 2.59 bits per heavy atom. The minimum Gasteiger partial charge on any atom is -0.383 e. The number of non-ortho nitro benzene ring substituents is 1. The molecule has 3 aromatic rings. The van der Waals surface area contributed by atoms with E-state index in [1.54, 1.807) is 13.8 Å². The van der Waals surface area contributed by atoms with Crippen molar-refractivity contribution in [1.82, 2.24) is 5.32 Å². The maximum Gasteiger partial charge on any atom is 0.313 e. The summed E-state index contributed by atoms with van der Waals surface area (Å²) in [6.45, 7) is 3.05. The number of thiophene rings is 1. The van der Waals surface area contributed by atoms with E-state index in [9.17, 15) is 24.8 Å². The zero-order valence-corrected chi connectivity index (χ0v) is 16.6. The van der Waals surface area contributed by atoms with E-state index < -0.39 is 22.3 Å². The molecule has 0 bridgehead atoms. The maximum atomic E-state index is 12.2. The second-order valence-corrected chi connectivity index (χ2v) is 7.90. The van der Waals surface area contributed by atoms with Crippen LogP contribution in [-0.4, -0.2) is 28.4 Å². The number of aryl methyl sites for hydroxylation is 1. The topological polar surface area (TPSA) is 122 Å². The summed E-state index contributed by atoms with van der Waals surface area (Å²) < 4.78 is 1.01. The lowest BCUT2D eigenvalue weighted by molar-refractivity contribution is -0.384. The average molecular weight is 413 g/mol. The predicted octanol–water partition coefficient (Wildman–Crippen LogP) is 3.08. The average Bonchev–Trinajstić information content (AvgIpc) is 3.13. The van der Waals surface area contributed by atoms with Gasteiger partial charge in [-0.1, -0.05) is 24.3 Å². The van der Waals surface area contributed by atoms with E-state index in [-0.39, 0.29) is 17.9 Å². The monoisotopic (exact) mass is 413 g/mol. The molecular formula is C20H19N3O5S. The number of benzene rings is 2. The Kier molecular flexibility index (Phi) is 5.62. The zero-order valence-electron chi connectivity index (χ0n) is 15.8. The number of anilines is 1. The van der Waals surface area contributed by atoms with Crippen molar-refractivity contribution in [3.05, 3.63) is 69.1 Å². The normalized spacial score (nSPS) is 12.9. The van der Waals surface area contributed by atoms with Crippen LogP contribution in [0.4, 0.5) is 11.4 Å². The van der Waals surface area contributed by atoms with Crippen molar-refractivity contribution < 1.29 is 19.6 Å². The fourth-order valence-electron chi connectivity index (χ4n) is 2.70. The number of nitro groups is 1. The summed E-state index contributed by atoms with van der Waals surface area (Å²) in [4.78, 5) is 35.3. The molecule has 1 aromatic heterocycles. The van der Waals surface area contributed by atoms with Gasteiger partial charge in [-0.15, -0.1) is 11.3 Å². The highest BCUT2D eigenvalue weighted by atomic mass is 32.1. The van der Waals surface area contributed by atoms with Crippen molar-refractivity contribution >= 4 is 44.6 Å². The number of nitro benzene ring substituents is 1. The van der Waals surface area contributed by atoms with Gasteiger partial charge in [0.05, 0.1) is 17.2 Å². The molecule has 1 heterocycles. The second-order valence-electron chi connectivity index (χ2n) is 6.82. The van der Waals surface area contributed by atoms with E-state index in [0.29, 0.717) is 10.4 Å². The molecule has 3 N–H and O–H groups in total. The highest BCUT2D eigenvalue weighted by molar-refractivity contribution is 7.19. The van der Waals surface area contributed by atoms with Crippen LogP contribution in [0.1, 0.15) is 17.4 Å². The van der Waals surface area contributed by atoms with Gasteiger partial charge in [-0.3, -0.25) is 19.7 Å². The molecule has 2 aromatic carbocycles. The highest BCUT2D eigenvalue weighted by Crippen LogP contribution is 2.32. The molecule has 0 aliphatic rings. The van der Waals surface area contributed by atoms with Crippen molar-refractivity contribution in [3.63, 3.8) is 0 Å². The van der Waals surface area contributed by atoms with Gasteiger partial charge in [0.15, 0.2) is 0 Å². The molecule has 1 atom stereocenters. The van der Waals surface area contributed by atoms with Gasteiger partial charge in [-0.2, -0.15) is 0 Å². The van der Waals surface area contributed by atoms with E-state index in [4.69, 9.17) is 0 Å². The molecule has 0 aliphatic carbocycles. The summed E-state index contributed by atoms with van der Waals surface area (Å²) in [6.07, 6.45) is 0. The second kappa shape index (κ2) is 7.98. The number of rotatable bonds is 5. The summed E-state index contributed by atoms with van der Waals surface area (Å²) >= 11 is 1.41. The number of carbonyl (C=O) groups excluding carboxylic acids is 2.